The van der Waals surface area contributed by atoms with Gasteiger partial charge in [0.15, 0.2) is 28.7 Å². The molecule has 1 aliphatic heterocycles. The van der Waals surface area contributed by atoms with Crippen molar-refractivity contribution in [1.29, 1.82) is 0 Å². The molecule has 2 aromatic heterocycles. The van der Waals surface area contributed by atoms with Crippen molar-refractivity contribution >= 4 is 5.78 Å². The molecule has 0 fully saturated rings. The van der Waals surface area contributed by atoms with E-state index in [4.69, 9.17) is 9.47 Å². The zero-order valence-electron chi connectivity index (χ0n) is 17.8. The van der Waals surface area contributed by atoms with Gasteiger partial charge in [-0.25, -0.2) is 14.4 Å². The molecule has 3 aromatic rings. The fourth-order valence-corrected chi connectivity index (χ4v) is 3.52. The number of pyridine rings is 1. The van der Waals surface area contributed by atoms with Crippen LogP contribution >= 0.6 is 0 Å². The second-order valence-corrected chi connectivity index (χ2v) is 8.06. The zero-order chi connectivity index (χ0) is 23.0. The van der Waals surface area contributed by atoms with Crippen LogP contribution in [0.15, 0.2) is 30.5 Å². The Balaban J connectivity index is 1.57. The third-order valence-electron chi connectivity index (χ3n) is 5.25. The van der Waals surface area contributed by atoms with Gasteiger partial charge in [0, 0.05) is 18.5 Å². The number of nitrogens with zero attached hydrogens (tertiary/aromatic N) is 3. The van der Waals surface area contributed by atoms with Crippen LogP contribution in [0.1, 0.15) is 42.3 Å². The number of rotatable bonds is 5. The number of carbonyl (C=O) groups is 1. The van der Waals surface area contributed by atoms with Gasteiger partial charge in [-0.2, -0.15) is 0 Å². The Morgan fingerprint density at radius 1 is 1.16 bits per heavy atom. The average Bonchev–Trinajstić information content (AvgIpc) is 2.71. The molecule has 0 radical (unpaired) electrons. The topological polar surface area (TPSA) is 115 Å². The van der Waals surface area contributed by atoms with Gasteiger partial charge in [-0.05, 0) is 43.7 Å². The molecule has 9 heteroatoms. The number of aromatic nitrogens is 3. The highest BCUT2D eigenvalue weighted by atomic mass is 19.1. The van der Waals surface area contributed by atoms with Gasteiger partial charge in [-0.3, -0.25) is 9.78 Å². The summed E-state index contributed by atoms with van der Waals surface area (Å²) in [6.07, 6.45) is 1.49. The first-order valence-electron chi connectivity index (χ1n) is 9.96. The maximum absolute atomic E-state index is 14.4. The van der Waals surface area contributed by atoms with E-state index < -0.39 is 11.4 Å². The second kappa shape index (κ2) is 8.07. The highest BCUT2D eigenvalue weighted by molar-refractivity contribution is 5.90. The van der Waals surface area contributed by atoms with Crippen LogP contribution in [-0.4, -0.2) is 43.7 Å². The Labute approximate surface area is 183 Å². The number of fused-ring (bicyclic) bond motifs is 1. The van der Waals surface area contributed by atoms with Crippen molar-refractivity contribution in [1.82, 2.24) is 15.0 Å². The van der Waals surface area contributed by atoms with E-state index in [1.807, 2.05) is 0 Å². The van der Waals surface area contributed by atoms with Crippen molar-refractivity contribution in [3.8, 4) is 23.0 Å². The summed E-state index contributed by atoms with van der Waals surface area (Å²) in [5.41, 5.74) is 0.846. The third kappa shape index (κ3) is 4.18. The molecule has 2 N–H and O–H groups in total. The average molecular weight is 439 g/mol. The number of ether oxygens (including phenoxy) is 2. The zero-order valence-corrected chi connectivity index (χ0v) is 17.8. The Morgan fingerprint density at radius 3 is 2.56 bits per heavy atom. The molecule has 0 spiro atoms. The van der Waals surface area contributed by atoms with Gasteiger partial charge in [0.05, 0.1) is 31.1 Å². The van der Waals surface area contributed by atoms with Gasteiger partial charge >= 0.3 is 0 Å². The molecule has 0 saturated carbocycles. The van der Waals surface area contributed by atoms with E-state index in [1.165, 1.54) is 19.2 Å². The number of halogens is 1. The van der Waals surface area contributed by atoms with Crippen LogP contribution in [0.4, 0.5) is 4.39 Å². The maximum atomic E-state index is 14.4. The SMILES string of the molecule is COc1c(O)cc(Cc2ncc(F)c(Cc3ccc4c(n3)CC(=O)C(C)(C)O4)n2)cc1O. The molecule has 0 unspecified atom stereocenters. The van der Waals surface area contributed by atoms with Crippen molar-refractivity contribution in [2.75, 3.05) is 7.11 Å². The number of hydrogen-bond donors (Lipinski definition) is 2. The predicted molar refractivity (Wildman–Crippen MR) is 112 cm³/mol. The van der Waals surface area contributed by atoms with Crippen molar-refractivity contribution in [2.45, 2.75) is 38.7 Å². The molecular formula is C23H22FN3O5. The molecule has 0 amide bonds. The molecule has 1 aromatic carbocycles. The normalized spacial score (nSPS) is 14.6. The fraction of sp³-hybridized carbons (Fsp3) is 0.304. The number of carbonyl (C=O) groups excluding carboxylic acids is 1. The minimum atomic E-state index is -0.895. The van der Waals surface area contributed by atoms with Crippen LogP contribution in [0.5, 0.6) is 23.0 Å². The van der Waals surface area contributed by atoms with Gasteiger partial charge in [0.25, 0.3) is 0 Å². The lowest BCUT2D eigenvalue weighted by atomic mass is 9.95. The van der Waals surface area contributed by atoms with E-state index >= 15 is 0 Å². The highest BCUT2D eigenvalue weighted by Crippen LogP contribution is 2.37. The van der Waals surface area contributed by atoms with E-state index in [1.54, 1.807) is 26.0 Å². The molecule has 1 aliphatic rings. The highest BCUT2D eigenvalue weighted by Gasteiger charge is 2.35. The largest absolute Gasteiger partial charge is 0.504 e. The van der Waals surface area contributed by atoms with Gasteiger partial charge in [0.1, 0.15) is 11.6 Å². The van der Waals surface area contributed by atoms with Gasteiger partial charge in [-0.15, -0.1) is 0 Å². The molecule has 0 saturated heterocycles. The number of ketones is 1. The molecule has 32 heavy (non-hydrogen) atoms. The molecular weight excluding hydrogens is 417 g/mol. The van der Waals surface area contributed by atoms with Crippen LogP contribution in [0.25, 0.3) is 0 Å². The first-order valence-corrected chi connectivity index (χ1v) is 9.96. The minimum Gasteiger partial charge on any atom is -0.504 e. The molecule has 3 heterocycles. The summed E-state index contributed by atoms with van der Waals surface area (Å²) in [5.74, 6) is -0.270. The quantitative estimate of drug-likeness (QED) is 0.624. The number of hydrogen-bond acceptors (Lipinski definition) is 8. The molecule has 0 atom stereocenters. The third-order valence-corrected chi connectivity index (χ3v) is 5.25. The molecule has 0 bridgehead atoms. The van der Waals surface area contributed by atoms with Crippen LogP contribution in [0, 0.1) is 5.82 Å². The van der Waals surface area contributed by atoms with Gasteiger partial charge in [0.2, 0.25) is 5.75 Å². The van der Waals surface area contributed by atoms with E-state index in [0.717, 1.165) is 6.20 Å². The standard InChI is InChI=1S/C23H22FN3O5/c1-23(2)20(30)10-16-19(32-23)5-4-13(26-16)9-15-14(24)11-25-21(27-15)8-12-6-17(28)22(31-3)18(29)7-12/h4-7,11,28-29H,8-10H2,1-3H3. The summed E-state index contributed by atoms with van der Waals surface area (Å²) >= 11 is 0. The van der Waals surface area contributed by atoms with Gasteiger partial charge in [-0.1, -0.05) is 0 Å². The Bertz CT molecular complexity index is 1190. The summed E-state index contributed by atoms with van der Waals surface area (Å²) in [6.45, 7) is 3.43. The monoisotopic (exact) mass is 439 g/mol. The van der Waals surface area contributed by atoms with E-state index in [9.17, 15) is 19.4 Å². The fourth-order valence-electron chi connectivity index (χ4n) is 3.52. The number of Topliss-reactive ketones (excluding diaryl/α,β-unsaturated/α-hetero) is 1. The molecule has 0 aliphatic carbocycles. The number of phenolic OH excluding ortho intramolecular Hbond substituents is 2. The summed E-state index contributed by atoms with van der Waals surface area (Å²) in [4.78, 5) is 25.0. The number of phenols is 2. The van der Waals surface area contributed by atoms with Crippen molar-refractivity contribution in [2.24, 2.45) is 0 Å². The summed E-state index contributed by atoms with van der Waals surface area (Å²) in [5, 5.41) is 19.9. The smallest absolute Gasteiger partial charge is 0.202 e. The van der Waals surface area contributed by atoms with Crippen molar-refractivity contribution < 1.29 is 28.9 Å². The Kier molecular flexibility index (Phi) is 5.41. The predicted octanol–water partition coefficient (Wildman–Crippen LogP) is 2.89. The lowest BCUT2D eigenvalue weighted by Gasteiger charge is -2.30. The first-order chi connectivity index (χ1) is 15.2. The lowest BCUT2D eigenvalue weighted by Crippen LogP contribution is -2.43. The van der Waals surface area contributed by atoms with E-state index in [2.05, 4.69) is 15.0 Å². The molecule has 166 valence electrons. The number of methoxy groups -OCH3 is 1. The molecule has 4 rings (SSSR count). The van der Waals surface area contributed by atoms with Crippen molar-refractivity contribution in [3.63, 3.8) is 0 Å². The number of benzene rings is 1. The Morgan fingerprint density at radius 2 is 1.88 bits per heavy atom. The van der Waals surface area contributed by atoms with Crippen LogP contribution in [0.3, 0.4) is 0 Å². The van der Waals surface area contributed by atoms with Crippen LogP contribution < -0.4 is 9.47 Å². The van der Waals surface area contributed by atoms with Crippen LogP contribution in [0.2, 0.25) is 0 Å². The Hall–Kier alpha value is -3.75. The summed E-state index contributed by atoms with van der Waals surface area (Å²) in [7, 11) is 1.33. The van der Waals surface area contributed by atoms with Crippen LogP contribution in [-0.2, 0) is 24.1 Å². The summed E-state index contributed by atoms with van der Waals surface area (Å²) in [6, 6.07) is 6.29. The van der Waals surface area contributed by atoms with Crippen molar-refractivity contribution in [3.05, 3.63) is 64.7 Å². The maximum Gasteiger partial charge on any atom is 0.202 e. The molecule has 8 nitrogen and oxygen atoms in total. The lowest BCUT2D eigenvalue weighted by molar-refractivity contribution is -0.132. The minimum absolute atomic E-state index is 0.0289. The summed E-state index contributed by atoms with van der Waals surface area (Å²) < 4.78 is 25.0. The van der Waals surface area contributed by atoms with E-state index in [0.29, 0.717) is 28.5 Å². The first kappa shape index (κ1) is 21.5. The number of aromatic hydroxyl groups is 2. The van der Waals surface area contributed by atoms with Gasteiger partial charge < -0.3 is 19.7 Å². The van der Waals surface area contributed by atoms with E-state index in [-0.39, 0.29) is 48.0 Å². The second-order valence-electron chi connectivity index (χ2n) is 8.06.